The maximum absolute atomic E-state index is 13.0. The van der Waals surface area contributed by atoms with E-state index in [1.807, 2.05) is 27.7 Å². The SMILES string of the molecule is CC(C)CN(CC(C)C)S(=O)(=O)c1ccc(C(=O)OCC(=O)c2ccc([N+](=O)[O-])cc2)cc1. The van der Waals surface area contributed by atoms with Crippen LogP contribution in [-0.4, -0.2) is 49.1 Å². The van der Waals surface area contributed by atoms with Gasteiger partial charge in [-0.15, -0.1) is 0 Å². The normalized spacial score (nSPS) is 11.7. The minimum atomic E-state index is -3.73. The van der Waals surface area contributed by atoms with Crippen molar-refractivity contribution in [3.05, 3.63) is 69.8 Å². The summed E-state index contributed by atoms with van der Waals surface area (Å²) in [5.41, 5.74) is 0.119. The van der Waals surface area contributed by atoms with E-state index in [1.165, 1.54) is 52.8 Å². The number of carbonyl (C=O) groups excluding carboxylic acids is 2. The molecule has 2 rings (SSSR count). The van der Waals surface area contributed by atoms with Crippen LogP contribution in [0, 0.1) is 22.0 Å². The Kier molecular flexibility index (Phi) is 8.84. The Morgan fingerprint density at radius 1 is 0.909 bits per heavy atom. The molecule has 33 heavy (non-hydrogen) atoms. The number of sulfonamides is 1. The molecule has 0 bridgehead atoms. The summed E-state index contributed by atoms with van der Waals surface area (Å²) in [5.74, 6) is -0.993. The third-order valence-electron chi connectivity index (χ3n) is 4.60. The molecule has 0 fully saturated rings. The summed E-state index contributed by atoms with van der Waals surface area (Å²) in [6.07, 6.45) is 0. The number of hydrogen-bond donors (Lipinski definition) is 0. The number of nitro groups is 1. The molecule has 0 saturated carbocycles. The Balaban J connectivity index is 2.06. The predicted molar refractivity (Wildman–Crippen MR) is 123 cm³/mol. The highest BCUT2D eigenvalue weighted by Crippen LogP contribution is 2.20. The molecule has 0 N–H and O–H groups in total. The van der Waals surface area contributed by atoms with E-state index in [-0.39, 0.29) is 33.5 Å². The van der Waals surface area contributed by atoms with Crippen LogP contribution < -0.4 is 0 Å². The third-order valence-corrected chi connectivity index (χ3v) is 6.45. The molecule has 2 aromatic rings. The zero-order valence-corrected chi connectivity index (χ0v) is 19.9. The number of nitro benzene ring substituents is 1. The molecule has 2 aromatic carbocycles. The molecule has 0 spiro atoms. The average Bonchev–Trinajstić information content (AvgIpc) is 2.76. The van der Waals surface area contributed by atoms with Crippen LogP contribution in [0.4, 0.5) is 5.69 Å². The second-order valence-electron chi connectivity index (χ2n) is 8.44. The van der Waals surface area contributed by atoms with Gasteiger partial charge in [-0.05, 0) is 48.2 Å². The fraction of sp³-hybridized carbons (Fsp3) is 0.391. The molecule has 0 aromatic heterocycles. The van der Waals surface area contributed by atoms with Gasteiger partial charge in [-0.25, -0.2) is 13.2 Å². The molecule has 9 nitrogen and oxygen atoms in total. The molecule has 0 amide bonds. The van der Waals surface area contributed by atoms with Crippen molar-refractivity contribution in [3.63, 3.8) is 0 Å². The number of ketones is 1. The lowest BCUT2D eigenvalue weighted by Crippen LogP contribution is -2.37. The Bertz CT molecular complexity index is 1080. The van der Waals surface area contributed by atoms with Crippen molar-refractivity contribution in [1.29, 1.82) is 0 Å². The van der Waals surface area contributed by atoms with Crippen LogP contribution in [-0.2, 0) is 14.8 Å². The zero-order chi connectivity index (χ0) is 24.8. The summed E-state index contributed by atoms with van der Waals surface area (Å²) < 4.78 is 32.6. The summed E-state index contributed by atoms with van der Waals surface area (Å²) in [4.78, 5) is 34.6. The standard InChI is InChI=1S/C23H28N2O7S/c1-16(2)13-24(14-17(3)4)33(30,31)21-11-7-19(8-12-21)23(27)32-15-22(26)18-5-9-20(10-6-18)25(28)29/h5-12,16-17H,13-15H2,1-4H3. The molecule has 178 valence electrons. The highest BCUT2D eigenvalue weighted by Gasteiger charge is 2.26. The molecule has 0 heterocycles. The summed E-state index contributed by atoms with van der Waals surface area (Å²) in [6.45, 7) is 8.00. The van der Waals surface area contributed by atoms with Gasteiger partial charge >= 0.3 is 5.97 Å². The first-order valence-electron chi connectivity index (χ1n) is 10.5. The summed E-state index contributed by atoms with van der Waals surface area (Å²) in [5, 5.41) is 10.7. The summed E-state index contributed by atoms with van der Waals surface area (Å²) in [6, 6.07) is 10.3. The summed E-state index contributed by atoms with van der Waals surface area (Å²) >= 11 is 0. The predicted octanol–water partition coefficient (Wildman–Crippen LogP) is 3.94. The number of ether oxygens (including phenoxy) is 1. The van der Waals surface area contributed by atoms with E-state index >= 15 is 0 Å². The number of nitrogens with zero attached hydrogens (tertiary/aromatic N) is 2. The molecular weight excluding hydrogens is 448 g/mol. The van der Waals surface area contributed by atoms with Crippen molar-refractivity contribution < 1.29 is 27.7 Å². The van der Waals surface area contributed by atoms with Crippen LogP contribution in [0.2, 0.25) is 0 Å². The molecular formula is C23H28N2O7S. The maximum Gasteiger partial charge on any atom is 0.338 e. The Morgan fingerprint density at radius 3 is 1.85 bits per heavy atom. The molecule has 10 heteroatoms. The molecule has 0 aliphatic carbocycles. The molecule has 0 saturated heterocycles. The number of hydrogen-bond acceptors (Lipinski definition) is 7. The van der Waals surface area contributed by atoms with Crippen LogP contribution in [0.25, 0.3) is 0 Å². The van der Waals surface area contributed by atoms with Gasteiger partial charge < -0.3 is 4.74 Å². The molecule has 0 unspecified atom stereocenters. The van der Waals surface area contributed by atoms with E-state index in [0.29, 0.717) is 13.1 Å². The molecule has 0 aliphatic rings. The van der Waals surface area contributed by atoms with Gasteiger partial charge in [0.2, 0.25) is 10.0 Å². The van der Waals surface area contributed by atoms with E-state index < -0.39 is 33.3 Å². The fourth-order valence-electron chi connectivity index (χ4n) is 3.06. The second kappa shape index (κ2) is 11.2. The minimum Gasteiger partial charge on any atom is -0.454 e. The third kappa shape index (κ3) is 7.19. The van der Waals surface area contributed by atoms with Crippen molar-refractivity contribution in [2.45, 2.75) is 32.6 Å². The highest BCUT2D eigenvalue weighted by molar-refractivity contribution is 7.89. The first-order valence-corrected chi connectivity index (χ1v) is 11.9. The monoisotopic (exact) mass is 476 g/mol. The number of rotatable bonds is 11. The van der Waals surface area contributed by atoms with Gasteiger partial charge in [0.25, 0.3) is 5.69 Å². The van der Waals surface area contributed by atoms with Gasteiger partial charge in [-0.1, -0.05) is 27.7 Å². The van der Waals surface area contributed by atoms with E-state index in [4.69, 9.17) is 4.74 Å². The molecule has 0 atom stereocenters. The van der Waals surface area contributed by atoms with Crippen molar-refractivity contribution in [2.24, 2.45) is 11.8 Å². The van der Waals surface area contributed by atoms with E-state index in [1.54, 1.807) is 0 Å². The zero-order valence-electron chi connectivity index (χ0n) is 19.1. The molecule has 0 radical (unpaired) electrons. The van der Waals surface area contributed by atoms with Gasteiger partial charge in [0.15, 0.2) is 12.4 Å². The quantitative estimate of drug-likeness (QED) is 0.208. The number of esters is 1. The first kappa shape index (κ1) is 26.1. The Labute approximate surface area is 193 Å². The number of carbonyl (C=O) groups is 2. The lowest BCUT2D eigenvalue weighted by atomic mass is 10.1. The number of Topliss-reactive ketones (excluding diaryl/α,β-unsaturated/α-hetero) is 1. The second-order valence-corrected chi connectivity index (χ2v) is 10.4. The van der Waals surface area contributed by atoms with Gasteiger partial charge in [-0.2, -0.15) is 4.31 Å². The van der Waals surface area contributed by atoms with Crippen LogP contribution in [0.3, 0.4) is 0 Å². The van der Waals surface area contributed by atoms with Crippen LogP contribution in [0.5, 0.6) is 0 Å². The lowest BCUT2D eigenvalue weighted by molar-refractivity contribution is -0.384. The largest absolute Gasteiger partial charge is 0.454 e. The van der Waals surface area contributed by atoms with Gasteiger partial charge in [0.05, 0.1) is 15.4 Å². The fourth-order valence-corrected chi connectivity index (χ4v) is 4.83. The van der Waals surface area contributed by atoms with E-state index in [2.05, 4.69) is 0 Å². The molecule has 0 aliphatic heterocycles. The van der Waals surface area contributed by atoms with E-state index in [0.717, 1.165) is 0 Å². The van der Waals surface area contributed by atoms with Gasteiger partial charge in [0.1, 0.15) is 0 Å². The Hall–Kier alpha value is -3.11. The van der Waals surface area contributed by atoms with Crippen molar-refractivity contribution in [3.8, 4) is 0 Å². The topological polar surface area (TPSA) is 124 Å². The smallest absolute Gasteiger partial charge is 0.338 e. The van der Waals surface area contributed by atoms with Gasteiger partial charge in [0, 0.05) is 30.8 Å². The van der Waals surface area contributed by atoms with Crippen LogP contribution in [0.15, 0.2) is 53.4 Å². The van der Waals surface area contributed by atoms with Crippen molar-refractivity contribution in [1.82, 2.24) is 4.31 Å². The van der Waals surface area contributed by atoms with Crippen LogP contribution >= 0.6 is 0 Å². The number of non-ortho nitro benzene ring substituents is 1. The summed E-state index contributed by atoms with van der Waals surface area (Å²) in [7, 11) is -3.73. The van der Waals surface area contributed by atoms with Crippen molar-refractivity contribution >= 4 is 27.5 Å². The Morgan fingerprint density at radius 2 is 1.39 bits per heavy atom. The minimum absolute atomic E-state index is 0.0716. The highest BCUT2D eigenvalue weighted by atomic mass is 32.2. The average molecular weight is 477 g/mol. The van der Waals surface area contributed by atoms with Crippen molar-refractivity contribution in [2.75, 3.05) is 19.7 Å². The first-order chi connectivity index (χ1) is 15.4. The lowest BCUT2D eigenvalue weighted by Gasteiger charge is -2.25. The van der Waals surface area contributed by atoms with E-state index in [9.17, 15) is 28.1 Å². The van der Waals surface area contributed by atoms with Crippen LogP contribution in [0.1, 0.15) is 48.4 Å². The number of benzene rings is 2. The van der Waals surface area contributed by atoms with Gasteiger partial charge in [-0.3, -0.25) is 14.9 Å². The maximum atomic E-state index is 13.0.